The minimum absolute atomic E-state index is 0.0672. The number of pyridine rings is 1. The number of hydrogen-bond acceptors (Lipinski definition) is 5. The van der Waals surface area contributed by atoms with Crippen LogP contribution in [0.2, 0.25) is 0 Å². The number of carbonyl (C=O) groups is 1. The average Bonchev–Trinajstić information content (AvgIpc) is 2.67. The van der Waals surface area contributed by atoms with E-state index in [0.717, 1.165) is 31.9 Å². The van der Waals surface area contributed by atoms with Crippen LogP contribution >= 0.6 is 0 Å². The average molecular weight is 413 g/mol. The molecule has 1 saturated carbocycles. The van der Waals surface area contributed by atoms with Gasteiger partial charge in [0.15, 0.2) is 0 Å². The van der Waals surface area contributed by atoms with Gasteiger partial charge in [-0.15, -0.1) is 0 Å². The second-order valence-electron chi connectivity index (χ2n) is 6.96. The van der Waals surface area contributed by atoms with E-state index in [-0.39, 0.29) is 31.1 Å². The molecule has 1 amide bonds. The number of nitrogens with zero attached hydrogens (tertiary/aromatic N) is 1. The van der Waals surface area contributed by atoms with Crippen LogP contribution in [0.1, 0.15) is 44.1 Å². The van der Waals surface area contributed by atoms with Gasteiger partial charge in [0.25, 0.3) is 5.56 Å². The third kappa shape index (κ3) is 6.65. The van der Waals surface area contributed by atoms with Crippen LogP contribution in [0.5, 0.6) is 0 Å². The van der Waals surface area contributed by atoms with Gasteiger partial charge in [-0.3, -0.25) is 14.2 Å². The number of alkyl halides is 3. The second-order valence-corrected chi connectivity index (χ2v) is 6.96. The van der Waals surface area contributed by atoms with Gasteiger partial charge in [0, 0.05) is 37.0 Å². The van der Waals surface area contributed by atoms with E-state index >= 15 is 0 Å². The first-order valence-corrected chi connectivity index (χ1v) is 9.54. The normalized spacial score (nSPS) is 14.9. The van der Waals surface area contributed by atoms with Crippen LogP contribution in [0.3, 0.4) is 0 Å². The van der Waals surface area contributed by atoms with Crippen LogP contribution in [-0.4, -0.2) is 35.5 Å². The fourth-order valence-electron chi connectivity index (χ4n) is 3.29. The first-order valence-electron chi connectivity index (χ1n) is 9.54. The summed E-state index contributed by atoms with van der Waals surface area (Å²) in [4.78, 5) is 23.2. The minimum Gasteiger partial charge on any atom is -0.369 e. The minimum atomic E-state index is -4.94. The van der Waals surface area contributed by atoms with Crippen LogP contribution in [0.15, 0.2) is 29.3 Å². The Morgan fingerprint density at radius 1 is 1.28 bits per heavy atom. The molecule has 1 aromatic rings. The zero-order chi connectivity index (χ0) is 21.4. The van der Waals surface area contributed by atoms with E-state index in [1.54, 1.807) is 5.32 Å². The van der Waals surface area contributed by atoms with Gasteiger partial charge in [-0.25, -0.2) is 0 Å². The Bertz CT molecular complexity index is 798. The van der Waals surface area contributed by atoms with Crippen LogP contribution in [-0.2, 0) is 11.3 Å². The third-order valence-corrected chi connectivity index (χ3v) is 4.72. The Hall–Kier alpha value is -2.78. The number of anilines is 1. The molecule has 0 radical (unpaired) electrons. The molecule has 29 heavy (non-hydrogen) atoms. The van der Waals surface area contributed by atoms with E-state index < -0.39 is 12.1 Å². The molecule has 1 heterocycles. The van der Waals surface area contributed by atoms with Crippen LogP contribution in [0.25, 0.3) is 0 Å². The molecule has 1 aromatic heterocycles. The summed E-state index contributed by atoms with van der Waals surface area (Å²) < 4.78 is 38.1. The van der Waals surface area contributed by atoms with Crippen LogP contribution in [0.4, 0.5) is 19.0 Å². The maximum absolute atomic E-state index is 12.3. The van der Waals surface area contributed by atoms with Crippen molar-refractivity contribution in [1.82, 2.24) is 15.2 Å². The van der Waals surface area contributed by atoms with Crippen molar-refractivity contribution in [3.05, 3.63) is 40.4 Å². The molecule has 0 atom stereocenters. The summed E-state index contributed by atoms with van der Waals surface area (Å²) in [5.41, 5.74) is 0.0706. The van der Waals surface area contributed by atoms with Crippen molar-refractivity contribution in [2.75, 3.05) is 11.9 Å². The van der Waals surface area contributed by atoms with Gasteiger partial charge in [0.2, 0.25) is 0 Å². The fraction of sp³-hybridized carbons (Fsp3) is 0.526. The first-order chi connectivity index (χ1) is 13.7. The van der Waals surface area contributed by atoms with Crippen molar-refractivity contribution < 1.29 is 18.0 Å². The predicted octanol–water partition coefficient (Wildman–Crippen LogP) is 2.72. The maximum Gasteiger partial charge on any atom is 0.471 e. The van der Waals surface area contributed by atoms with Gasteiger partial charge in [-0.05, 0) is 25.3 Å². The van der Waals surface area contributed by atoms with E-state index in [1.807, 2.05) is 0 Å². The first kappa shape index (κ1) is 22.5. The molecular weight excluding hydrogens is 387 g/mol. The Kier molecular flexibility index (Phi) is 7.86. The maximum atomic E-state index is 12.3. The van der Waals surface area contributed by atoms with E-state index in [9.17, 15) is 22.8 Å². The summed E-state index contributed by atoms with van der Waals surface area (Å²) in [5.74, 6) is -1.19. The predicted molar refractivity (Wildman–Crippen MR) is 105 cm³/mol. The van der Waals surface area contributed by atoms with Crippen molar-refractivity contribution >= 4 is 17.9 Å². The molecule has 1 fully saturated rings. The van der Waals surface area contributed by atoms with E-state index in [1.165, 1.54) is 23.1 Å². The van der Waals surface area contributed by atoms with Crippen molar-refractivity contribution in [1.29, 1.82) is 5.41 Å². The highest BCUT2D eigenvalue weighted by molar-refractivity contribution is 5.84. The molecule has 1 aliphatic carbocycles. The number of rotatable bonds is 9. The highest BCUT2D eigenvalue weighted by atomic mass is 19.4. The molecule has 10 heteroatoms. The Balaban J connectivity index is 2.05. The molecule has 4 N–H and O–H groups in total. The van der Waals surface area contributed by atoms with Gasteiger partial charge in [-0.2, -0.15) is 13.2 Å². The number of hydrogen-bond donors (Lipinski definition) is 4. The monoisotopic (exact) mass is 413 g/mol. The van der Waals surface area contributed by atoms with Crippen molar-refractivity contribution in [3.8, 4) is 0 Å². The lowest BCUT2D eigenvalue weighted by Gasteiger charge is -2.26. The molecule has 0 unspecified atom stereocenters. The zero-order valence-corrected chi connectivity index (χ0v) is 16.1. The topological polar surface area (TPSA) is 99.0 Å². The van der Waals surface area contributed by atoms with Crippen LogP contribution < -0.4 is 21.5 Å². The zero-order valence-electron chi connectivity index (χ0n) is 16.1. The van der Waals surface area contributed by atoms with Gasteiger partial charge in [0.05, 0.1) is 5.82 Å². The quantitative estimate of drug-likeness (QED) is 0.370. The molecule has 0 saturated heterocycles. The lowest BCUT2D eigenvalue weighted by atomic mass is 9.96. The largest absolute Gasteiger partial charge is 0.471 e. The number of aromatic nitrogens is 1. The number of amides is 1. The standard InChI is InChI=1S/C19H26F3N5O2/c1-13(25-15-6-3-2-4-7-15)26-17-14(12-23)8-9-16(28)27(17)11-5-10-24-18(29)19(20,21)22/h8-9,12,15,23,25-26H,1-7,10-11H2,(H,24,29). The SMILES string of the molecule is C=C(Nc1c(C=N)ccc(=O)n1CCCNC(=O)C(F)(F)F)NC1CCCCC1. The lowest BCUT2D eigenvalue weighted by molar-refractivity contribution is -0.173. The summed E-state index contributed by atoms with van der Waals surface area (Å²) in [6.45, 7) is 3.77. The van der Waals surface area contributed by atoms with Gasteiger partial charge < -0.3 is 21.4 Å². The molecule has 0 aromatic carbocycles. The van der Waals surface area contributed by atoms with Crippen LogP contribution in [0, 0.1) is 5.41 Å². The third-order valence-electron chi connectivity index (χ3n) is 4.72. The lowest BCUT2D eigenvalue weighted by Crippen LogP contribution is -2.38. The van der Waals surface area contributed by atoms with Gasteiger partial charge in [-0.1, -0.05) is 25.8 Å². The smallest absolute Gasteiger partial charge is 0.369 e. The molecular formula is C19H26F3N5O2. The Labute approximate surface area is 166 Å². The van der Waals surface area contributed by atoms with E-state index in [0.29, 0.717) is 17.2 Å². The second kappa shape index (κ2) is 10.1. The molecule has 0 spiro atoms. The highest BCUT2D eigenvalue weighted by Crippen LogP contribution is 2.19. The Morgan fingerprint density at radius 3 is 2.59 bits per heavy atom. The van der Waals surface area contributed by atoms with Gasteiger partial charge in [0.1, 0.15) is 5.82 Å². The summed E-state index contributed by atoms with van der Waals surface area (Å²) in [7, 11) is 0. The molecule has 0 aliphatic heterocycles. The van der Waals surface area contributed by atoms with E-state index in [4.69, 9.17) is 5.41 Å². The highest BCUT2D eigenvalue weighted by Gasteiger charge is 2.38. The molecule has 160 valence electrons. The summed E-state index contributed by atoms with van der Waals surface area (Å²) in [5, 5.41) is 15.7. The van der Waals surface area contributed by atoms with Crippen molar-refractivity contribution in [2.24, 2.45) is 0 Å². The van der Waals surface area contributed by atoms with Gasteiger partial charge >= 0.3 is 12.1 Å². The fourth-order valence-corrected chi connectivity index (χ4v) is 3.29. The number of halogens is 3. The van der Waals surface area contributed by atoms with E-state index in [2.05, 4.69) is 17.2 Å². The van der Waals surface area contributed by atoms with Crippen molar-refractivity contribution in [3.63, 3.8) is 0 Å². The molecule has 2 rings (SSSR count). The number of carbonyl (C=O) groups excluding carboxylic acids is 1. The molecule has 1 aliphatic rings. The molecule has 7 nitrogen and oxygen atoms in total. The summed E-state index contributed by atoms with van der Waals surface area (Å²) >= 11 is 0. The number of nitrogens with one attached hydrogen (secondary N) is 4. The Morgan fingerprint density at radius 2 is 1.97 bits per heavy atom. The summed E-state index contributed by atoms with van der Waals surface area (Å²) in [6, 6.07) is 3.07. The molecule has 0 bridgehead atoms. The van der Waals surface area contributed by atoms with Crippen molar-refractivity contribution in [2.45, 2.75) is 57.3 Å². The summed E-state index contributed by atoms with van der Waals surface area (Å²) in [6.07, 6.45) is 1.79.